The number of nitrogens with one attached hydrogen (secondary N) is 2. The number of aliphatic hydroxyl groups is 1. The molecule has 0 bridgehead atoms. The fourth-order valence-electron chi connectivity index (χ4n) is 4.23. The number of benzene rings is 1. The summed E-state index contributed by atoms with van der Waals surface area (Å²) in [4.78, 5) is 7.28. The maximum atomic E-state index is 10.6. The molecule has 0 amide bonds. The molecule has 4 rings (SSSR count). The van der Waals surface area contributed by atoms with Gasteiger partial charge in [-0.3, -0.25) is 9.88 Å². The van der Waals surface area contributed by atoms with Crippen LogP contribution in [0.3, 0.4) is 0 Å². The summed E-state index contributed by atoms with van der Waals surface area (Å²) in [5.41, 5.74) is 4.88. The number of rotatable bonds is 5. The third kappa shape index (κ3) is 4.00. The molecule has 5 nitrogen and oxygen atoms in total. The lowest BCUT2D eigenvalue weighted by atomic mass is 10.0. The molecule has 5 heteroatoms. The number of fused-ring (bicyclic) bond motifs is 2. The summed E-state index contributed by atoms with van der Waals surface area (Å²) in [6.45, 7) is 5.39. The minimum atomic E-state index is -0.360. The number of anilines is 1. The first kappa shape index (κ1) is 17.7. The number of β-amino-alcohol motifs (C(OH)–C–C–N with tert-alkyl or cyclic N) is 1. The third-order valence-corrected chi connectivity index (χ3v) is 5.61. The van der Waals surface area contributed by atoms with Gasteiger partial charge >= 0.3 is 0 Å². The van der Waals surface area contributed by atoms with E-state index in [4.69, 9.17) is 4.98 Å². The Morgan fingerprint density at radius 2 is 1.92 bits per heavy atom. The molecule has 1 aromatic carbocycles. The van der Waals surface area contributed by atoms with Crippen LogP contribution >= 0.6 is 0 Å². The number of piperazine rings is 1. The van der Waals surface area contributed by atoms with Gasteiger partial charge in [-0.15, -0.1) is 0 Å². The molecule has 0 spiro atoms. The van der Waals surface area contributed by atoms with Gasteiger partial charge in [0.1, 0.15) is 0 Å². The zero-order valence-corrected chi connectivity index (χ0v) is 15.5. The Labute approximate surface area is 155 Å². The van der Waals surface area contributed by atoms with Crippen LogP contribution in [0.5, 0.6) is 0 Å². The van der Waals surface area contributed by atoms with E-state index in [1.54, 1.807) is 0 Å². The first-order chi connectivity index (χ1) is 12.8. The molecular weight excluding hydrogens is 324 g/mol. The minimum absolute atomic E-state index is 0.360. The van der Waals surface area contributed by atoms with Crippen molar-refractivity contribution >= 4 is 16.6 Å². The predicted molar refractivity (Wildman–Crippen MR) is 107 cm³/mol. The van der Waals surface area contributed by atoms with E-state index in [-0.39, 0.29) is 6.10 Å². The highest BCUT2D eigenvalue weighted by Crippen LogP contribution is 2.32. The first-order valence-electron chi connectivity index (χ1n) is 10.1. The number of hydrogen-bond donors (Lipinski definition) is 3. The van der Waals surface area contributed by atoms with Gasteiger partial charge < -0.3 is 15.7 Å². The van der Waals surface area contributed by atoms with E-state index >= 15 is 0 Å². The van der Waals surface area contributed by atoms with Gasteiger partial charge in [-0.1, -0.05) is 24.6 Å². The lowest BCUT2D eigenvalue weighted by Gasteiger charge is -2.29. The van der Waals surface area contributed by atoms with Crippen LogP contribution in [0.2, 0.25) is 0 Å². The molecule has 1 fully saturated rings. The van der Waals surface area contributed by atoms with Crippen molar-refractivity contribution in [2.24, 2.45) is 0 Å². The van der Waals surface area contributed by atoms with Crippen molar-refractivity contribution in [3.05, 3.63) is 35.5 Å². The fraction of sp³-hybridized carbons (Fsp3) is 0.571. The third-order valence-electron chi connectivity index (χ3n) is 5.61. The van der Waals surface area contributed by atoms with Gasteiger partial charge in [0, 0.05) is 56.0 Å². The number of hydrogen-bond acceptors (Lipinski definition) is 5. The van der Waals surface area contributed by atoms with Gasteiger partial charge in [0.2, 0.25) is 0 Å². The number of aryl methyl sites for hydroxylation is 1. The maximum Gasteiger partial charge on any atom is 0.0839 e. The highest BCUT2D eigenvalue weighted by molar-refractivity contribution is 5.93. The Hall–Kier alpha value is -1.69. The van der Waals surface area contributed by atoms with Crippen molar-refractivity contribution in [2.45, 2.75) is 38.2 Å². The molecule has 140 valence electrons. The summed E-state index contributed by atoms with van der Waals surface area (Å²) in [6.07, 6.45) is 5.52. The standard InChI is InChI=1S/C21H30N4O/c26-16(15-25-12-10-22-11-13-25)14-23-21-17-6-2-1-3-8-19(17)24-20-9-5-4-7-18(20)21/h4-5,7,9,16,22,26H,1-3,6,8,10-15H2,(H,23,24). The van der Waals surface area contributed by atoms with Crippen molar-refractivity contribution in [1.82, 2.24) is 15.2 Å². The van der Waals surface area contributed by atoms with E-state index in [0.29, 0.717) is 6.54 Å². The first-order valence-corrected chi connectivity index (χ1v) is 10.1. The van der Waals surface area contributed by atoms with Crippen molar-refractivity contribution < 1.29 is 5.11 Å². The second-order valence-corrected chi connectivity index (χ2v) is 7.58. The molecule has 26 heavy (non-hydrogen) atoms. The van der Waals surface area contributed by atoms with Crippen molar-refractivity contribution in [1.29, 1.82) is 0 Å². The summed E-state index contributed by atoms with van der Waals surface area (Å²) in [6, 6.07) is 8.39. The molecule has 3 N–H and O–H groups in total. The van der Waals surface area contributed by atoms with Crippen LogP contribution in [-0.4, -0.2) is 60.4 Å². The molecule has 2 heterocycles. The topological polar surface area (TPSA) is 60.4 Å². The highest BCUT2D eigenvalue weighted by Gasteiger charge is 2.19. The lowest BCUT2D eigenvalue weighted by molar-refractivity contribution is 0.114. The lowest BCUT2D eigenvalue weighted by Crippen LogP contribution is -2.47. The number of aliphatic hydroxyl groups excluding tert-OH is 1. The molecule has 0 radical (unpaired) electrons. The van der Waals surface area contributed by atoms with Gasteiger partial charge in [0.25, 0.3) is 0 Å². The monoisotopic (exact) mass is 354 g/mol. The van der Waals surface area contributed by atoms with Crippen LogP contribution in [-0.2, 0) is 12.8 Å². The van der Waals surface area contributed by atoms with Gasteiger partial charge in [-0.25, -0.2) is 0 Å². The number of para-hydroxylation sites is 1. The van der Waals surface area contributed by atoms with Gasteiger partial charge in [0.15, 0.2) is 0 Å². The minimum Gasteiger partial charge on any atom is -0.390 e. The molecule has 1 aliphatic heterocycles. The van der Waals surface area contributed by atoms with Crippen molar-refractivity contribution in [3.8, 4) is 0 Å². The number of aromatic nitrogens is 1. The quantitative estimate of drug-likeness (QED) is 0.719. The second kappa shape index (κ2) is 8.33. The summed E-state index contributed by atoms with van der Waals surface area (Å²) >= 11 is 0. The largest absolute Gasteiger partial charge is 0.390 e. The Morgan fingerprint density at radius 3 is 2.81 bits per heavy atom. The summed E-state index contributed by atoms with van der Waals surface area (Å²) in [5, 5.41) is 18.7. The van der Waals surface area contributed by atoms with Gasteiger partial charge in [-0.2, -0.15) is 0 Å². The SMILES string of the molecule is OC(CNc1c2c(nc3ccccc13)CCCCC2)CN1CCNCC1. The second-order valence-electron chi connectivity index (χ2n) is 7.58. The van der Waals surface area contributed by atoms with E-state index < -0.39 is 0 Å². The Morgan fingerprint density at radius 1 is 1.12 bits per heavy atom. The Balaban J connectivity index is 1.53. The molecule has 2 aromatic rings. The van der Waals surface area contributed by atoms with Crippen molar-refractivity contribution in [2.75, 3.05) is 44.6 Å². The Kier molecular flexibility index (Phi) is 5.68. The molecule has 1 atom stereocenters. The zero-order chi connectivity index (χ0) is 17.8. The Bertz CT molecular complexity index is 742. The summed E-state index contributed by atoms with van der Waals surface area (Å²) < 4.78 is 0. The highest BCUT2D eigenvalue weighted by atomic mass is 16.3. The van der Waals surface area contributed by atoms with Crippen molar-refractivity contribution in [3.63, 3.8) is 0 Å². The van der Waals surface area contributed by atoms with E-state index in [1.807, 2.05) is 0 Å². The molecule has 1 aromatic heterocycles. The number of pyridine rings is 1. The fourth-order valence-corrected chi connectivity index (χ4v) is 4.23. The molecule has 0 saturated carbocycles. The van der Waals surface area contributed by atoms with E-state index in [1.165, 1.54) is 41.6 Å². The molecule has 1 unspecified atom stereocenters. The molecule has 1 saturated heterocycles. The van der Waals surface area contributed by atoms with Crippen LogP contribution in [0, 0.1) is 0 Å². The smallest absolute Gasteiger partial charge is 0.0839 e. The van der Waals surface area contributed by atoms with Crippen LogP contribution in [0.25, 0.3) is 10.9 Å². The average molecular weight is 354 g/mol. The van der Waals surface area contributed by atoms with Crippen LogP contribution in [0.1, 0.15) is 30.5 Å². The molecular formula is C21H30N4O. The van der Waals surface area contributed by atoms with Crippen LogP contribution < -0.4 is 10.6 Å². The van der Waals surface area contributed by atoms with Gasteiger partial charge in [-0.05, 0) is 37.3 Å². The van der Waals surface area contributed by atoms with Crippen LogP contribution in [0.15, 0.2) is 24.3 Å². The zero-order valence-electron chi connectivity index (χ0n) is 15.5. The molecule has 2 aliphatic rings. The van der Waals surface area contributed by atoms with E-state index in [2.05, 4.69) is 39.8 Å². The molecule has 1 aliphatic carbocycles. The van der Waals surface area contributed by atoms with E-state index in [0.717, 1.165) is 51.1 Å². The van der Waals surface area contributed by atoms with E-state index in [9.17, 15) is 5.11 Å². The predicted octanol–water partition coefficient (Wildman–Crippen LogP) is 2.18. The average Bonchev–Trinajstić information content (AvgIpc) is 2.91. The number of nitrogens with zero attached hydrogens (tertiary/aromatic N) is 2. The normalized spacial score (nSPS) is 19.7. The van der Waals surface area contributed by atoms with Gasteiger partial charge in [0.05, 0.1) is 11.6 Å². The summed E-state index contributed by atoms with van der Waals surface area (Å²) in [7, 11) is 0. The van der Waals surface area contributed by atoms with Crippen LogP contribution in [0.4, 0.5) is 5.69 Å². The maximum absolute atomic E-state index is 10.6. The summed E-state index contributed by atoms with van der Waals surface area (Å²) in [5.74, 6) is 0.